The highest BCUT2D eigenvalue weighted by Crippen LogP contribution is 2.16. The van der Waals surface area contributed by atoms with E-state index >= 15 is 0 Å². The van der Waals surface area contributed by atoms with Gasteiger partial charge in [0.2, 0.25) is 0 Å². The van der Waals surface area contributed by atoms with Crippen molar-refractivity contribution in [1.82, 2.24) is 0 Å². The molecule has 0 aromatic heterocycles. The van der Waals surface area contributed by atoms with Crippen LogP contribution in [-0.2, 0) is 9.53 Å². The van der Waals surface area contributed by atoms with E-state index in [1.165, 1.54) is 7.11 Å². The summed E-state index contributed by atoms with van der Waals surface area (Å²) in [6, 6.07) is 0. The molecule has 2 unspecified atom stereocenters. The Hall–Kier alpha value is -0.570. The third kappa shape index (κ3) is 4.88. The maximum Gasteiger partial charge on any atom is 0.311 e. The molecule has 0 aromatic rings. The molecule has 0 fully saturated rings. The van der Waals surface area contributed by atoms with Crippen molar-refractivity contribution in [2.45, 2.75) is 39.7 Å². The number of ether oxygens (including phenoxy) is 1. The number of hydrogen-bond donors (Lipinski definition) is 1. The number of rotatable bonds is 5. The highest BCUT2D eigenvalue weighted by atomic mass is 16.5. The van der Waals surface area contributed by atoms with Gasteiger partial charge in [0.1, 0.15) is 0 Å². The molecule has 0 aromatic carbocycles. The van der Waals surface area contributed by atoms with Gasteiger partial charge >= 0.3 is 5.97 Å². The molecule has 0 aliphatic rings. The second kappa shape index (κ2) is 5.97. The zero-order valence-electron chi connectivity index (χ0n) is 8.91. The highest BCUT2D eigenvalue weighted by molar-refractivity contribution is 5.72. The van der Waals surface area contributed by atoms with Crippen LogP contribution in [0.2, 0.25) is 0 Å². The minimum Gasteiger partial charge on any atom is -0.469 e. The van der Waals surface area contributed by atoms with E-state index < -0.39 is 6.10 Å². The van der Waals surface area contributed by atoms with Gasteiger partial charge in [0.15, 0.2) is 0 Å². The van der Waals surface area contributed by atoms with E-state index in [9.17, 15) is 9.90 Å². The predicted octanol–water partition coefficient (Wildman–Crippen LogP) is 1.59. The molecule has 13 heavy (non-hydrogen) atoms. The van der Waals surface area contributed by atoms with Gasteiger partial charge in [0, 0.05) is 0 Å². The molecule has 0 aliphatic carbocycles. The fourth-order valence-electron chi connectivity index (χ4n) is 1.22. The van der Waals surface area contributed by atoms with Gasteiger partial charge in [-0.15, -0.1) is 0 Å². The van der Waals surface area contributed by atoms with Gasteiger partial charge in [0.05, 0.1) is 19.1 Å². The first-order chi connectivity index (χ1) is 5.99. The SMILES string of the molecule is COC(=O)C(CCC(C)C)C(C)O. The number of methoxy groups -OCH3 is 1. The Kier molecular flexibility index (Phi) is 5.71. The van der Waals surface area contributed by atoms with Crippen molar-refractivity contribution in [3.05, 3.63) is 0 Å². The van der Waals surface area contributed by atoms with Gasteiger partial charge in [-0.1, -0.05) is 20.3 Å². The number of aliphatic hydroxyl groups is 1. The minimum atomic E-state index is -0.619. The Morgan fingerprint density at radius 2 is 1.85 bits per heavy atom. The largest absolute Gasteiger partial charge is 0.469 e. The summed E-state index contributed by atoms with van der Waals surface area (Å²) < 4.78 is 4.61. The van der Waals surface area contributed by atoms with Crippen LogP contribution in [-0.4, -0.2) is 24.3 Å². The molecule has 0 saturated carbocycles. The fourth-order valence-corrected chi connectivity index (χ4v) is 1.22. The third-order valence-corrected chi connectivity index (χ3v) is 2.14. The fraction of sp³-hybridized carbons (Fsp3) is 0.900. The molecule has 0 heterocycles. The molecular weight excluding hydrogens is 168 g/mol. The van der Waals surface area contributed by atoms with Gasteiger partial charge < -0.3 is 9.84 Å². The molecule has 3 heteroatoms. The third-order valence-electron chi connectivity index (χ3n) is 2.14. The molecule has 0 saturated heterocycles. The second-order valence-corrected chi connectivity index (χ2v) is 3.84. The van der Waals surface area contributed by atoms with Gasteiger partial charge in [0.25, 0.3) is 0 Å². The molecular formula is C10H20O3. The van der Waals surface area contributed by atoms with Crippen LogP contribution in [0.15, 0.2) is 0 Å². The Bertz CT molecular complexity index is 152. The van der Waals surface area contributed by atoms with Crippen molar-refractivity contribution in [2.75, 3.05) is 7.11 Å². The monoisotopic (exact) mass is 188 g/mol. The summed E-state index contributed by atoms with van der Waals surface area (Å²) in [5.74, 6) is -0.131. The van der Waals surface area contributed by atoms with Gasteiger partial charge in [-0.3, -0.25) is 4.79 Å². The van der Waals surface area contributed by atoms with Crippen molar-refractivity contribution in [3.63, 3.8) is 0 Å². The first-order valence-electron chi connectivity index (χ1n) is 4.75. The van der Waals surface area contributed by atoms with Gasteiger partial charge in [-0.2, -0.15) is 0 Å². The topological polar surface area (TPSA) is 46.5 Å². The van der Waals surface area contributed by atoms with E-state index in [2.05, 4.69) is 18.6 Å². The van der Waals surface area contributed by atoms with Gasteiger partial charge in [-0.05, 0) is 19.3 Å². The van der Waals surface area contributed by atoms with Crippen LogP contribution < -0.4 is 0 Å². The first kappa shape index (κ1) is 12.4. The molecule has 0 spiro atoms. The first-order valence-corrected chi connectivity index (χ1v) is 4.75. The summed E-state index contributed by atoms with van der Waals surface area (Å²) in [5, 5.41) is 9.33. The van der Waals surface area contributed by atoms with Crippen molar-refractivity contribution >= 4 is 5.97 Å². The molecule has 3 nitrogen and oxygen atoms in total. The van der Waals surface area contributed by atoms with Crippen LogP contribution in [0.1, 0.15) is 33.6 Å². The van der Waals surface area contributed by atoms with E-state index in [0.717, 1.165) is 6.42 Å². The Morgan fingerprint density at radius 3 is 2.15 bits per heavy atom. The Balaban J connectivity index is 4.03. The van der Waals surface area contributed by atoms with Crippen LogP contribution >= 0.6 is 0 Å². The number of aliphatic hydroxyl groups excluding tert-OH is 1. The number of hydrogen-bond acceptors (Lipinski definition) is 3. The van der Waals surface area contributed by atoms with Crippen molar-refractivity contribution < 1.29 is 14.6 Å². The van der Waals surface area contributed by atoms with E-state index in [1.54, 1.807) is 6.92 Å². The van der Waals surface area contributed by atoms with Crippen molar-refractivity contribution in [3.8, 4) is 0 Å². The summed E-state index contributed by atoms with van der Waals surface area (Å²) in [5.41, 5.74) is 0. The Morgan fingerprint density at radius 1 is 1.31 bits per heavy atom. The van der Waals surface area contributed by atoms with Crippen molar-refractivity contribution in [1.29, 1.82) is 0 Å². The number of carbonyl (C=O) groups is 1. The number of carbonyl (C=O) groups excluding carboxylic acids is 1. The molecule has 78 valence electrons. The van der Waals surface area contributed by atoms with Crippen LogP contribution in [0.25, 0.3) is 0 Å². The van der Waals surface area contributed by atoms with Gasteiger partial charge in [-0.25, -0.2) is 0 Å². The van der Waals surface area contributed by atoms with E-state index in [0.29, 0.717) is 12.3 Å². The summed E-state index contributed by atoms with van der Waals surface area (Å²) in [6.45, 7) is 5.81. The highest BCUT2D eigenvalue weighted by Gasteiger charge is 2.24. The molecule has 0 amide bonds. The summed E-state index contributed by atoms with van der Waals surface area (Å²) in [6.07, 6.45) is 1.01. The zero-order chi connectivity index (χ0) is 10.4. The molecule has 0 radical (unpaired) electrons. The maximum atomic E-state index is 11.2. The lowest BCUT2D eigenvalue weighted by molar-refractivity contribution is -0.149. The number of esters is 1. The quantitative estimate of drug-likeness (QED) is 0.666. The predicted molar refractivity (Wildman–Crippen MR) is 51.3 cm³/mol. The Labute approximate surface area is 80.1 Å². The van der Waals surface area contributed by atoms with E-state index in [4.69, 9.17) is 0 Å². The smallest absolute Gasteiger partial charge is 0.311 e. The molecule has 2 atom stereocenters. The zero-order valence-corrected chi connectivity index (χ0v) is 8.91. The van der Waals surface area contributed by atoms with Crippen LogP contribution in [0.5, 0.6) is 0 Å². The van der Waals surface area contributed by atoms with Crippen molar-refractivity contribution in [2.24, 2.45) is 11.8 Å². The molecule has 0 rings (SSSR count). The van der Waals surface area contributed by atoms with Crippen LogP contribution in [0, 0.1) is 11.8 Å². The summed E-state index contributed by atoms with van der Waals surface area (Å²) in [7, 11) is 1.35. The lowest BCUT2D eigenvalue weighted by Crippen LogP contribution is -2.27. The second-order valence-electron chi connectivity index (χ2n) is 3.84. The average molecular weight is 188 g/mol. The molecule has 0 bridgehead atoms. The normalized spacial score (nSPS) is 15.5. The lowest BCUT2D eigenvalue weighted by atomic mass is 9.94. The summed E-state index contributed by atoms with van der Waals surface area (Å²) >= 11 is 0. The lowest BCUT2D eigenvalue weighted by Gasteiger charge is -2.17. The molecule has 0 aliphatic heterocycles. The minimum absolute atomic E-state index is 0.310. The van der Waals surface area contributed by atoms with E-state index in [-0.39, 0.29) is 11.9 Å². The average Bonchev–Trinajstić information content (AvgIpc) is 2.03. The van der Waals surface area contributed by atoms with Crippen LogP contribution in [0.3, 0.4) is 0 Å². The maximum absolute atomic E-state index is 11.2. The standard InChI is InChI=1S/C10H20O3/c1-7(2)5-6-9(8(3)11)10(12)13-4/h7-9,11H,5-6H2,1-4H3. The summed E-state index contributed by atoms with van der Waals surface area (Å²) in [4.78, 5) is 11.2. The van der Waals surface area contributed by atoms with E-state index in [1.807, 2.05) is 0 Å². The molecule has 1 N–H and O–H groups in total. The van der Waals surface area contributed by atoms with Crippen LogP contribution in [0.4, 0.5) is 0 Å².